The number of nitrogens with zero attached hydrogens (tertiary/aromatic N) is 1. The predicted octanol–water partition coefficient (Wildman–Crippen LogP) is 1.44. The summed E-state index contributed by atoms with van der Waals surface area (Å²) in [5.74, 6) is 0.180. The topological polar surface area (TPSA) is 71.2 Å². The fraction of sp³-hybridized carbons (Fsp3) is 0.182. The van der Waals surface area contributed by atoms with Gasteiger partial charge in [0.2, 0.25) is 0 Å². The molecule has 2 aromatic rings. The van der Waals surface area contributed by atoms with Gasteiger partial charge in [0, 0.05) is 24.7 Å². The molecule has 4 N–H and O–H groups in total. The van der Waals surface area contributed by atoms with E-state index in [-0.39, 0.29) is 5.75 Å². The van der Waals surface area contributed by atoms with E-state index < -0.39 is 0 Å². The SMILES string of the molecule is CNc1cc(CN)nc2c(O)cccc12. The molecule has 1 aromatic heterocycles. The van der Waals surface area contributed by atoms with Gasteiger partial charge in [-0.15, -0.1) is 0 Å². The fourth-order valence-electron chi connectivity index (χ4n) is 1.60. The van der Waals surface area contributed by atoms with Gasteiger partial charge in [0.15, 0.2) is 0 Å². The van der Waals surface area contributed by atoms with Crippen LogP contribution in [-0.4, -0.2) is 17.1 Å². The molecule has 0 saturated heterocycles. The second kappa shape index (κ2) is 3.74. The van der Waals surface area contributed by atoms with Crippen molar-refractivity contribution >= 4 is 16.6 Å². The van der Waals surface area contributed by atoms with Crippen LogP contribution in [0.2, 0.25) is 0 Å². The molecule has 0 saturated carbocycles. The van der Waals surface area contributed by atoms with E-state index in [1.54, 1.807) is 12.1 Å². The van der Waals surface area contributed by atoms with Crippen molar-refractivity contribution in [2.45, 2.75) is 6.54 Å². The number of nitrogens with one attached hydrogen (secondary N) is 1. The summed E-state index contributed by atoms with van der Waals surface area (Å²) in [5.41, 5.74) is 7.82. The van der Waals surface area contributed by atoms with Crippen LogP contribution in [0.3, 0.4) is 0 Å². The summed E-state index contributed by atoms with van der Waals surface area (Å²) in [6.45, 7) is 0.360. The Kier molecular flexibility index (Phi) is 2.43. The molecule has 0 aliphatic rings. The minimum atomic E-state index is 0.180. The standard InChI is InChI=1S/C11H13N3O/c1-13-9-5-7(6-12)14-11-8(9)3-2-4-10(11)15/h2-5,15H,6,12H2,1H3,(H,13,14). The van der Waals surface area contributed by atoms with Crippen LogP contribution in [0.4, 0.5) is 5.69 Å². The van der Waals surface area contributed by atoms with Gasteiger partial charge in [-0.25, -0.2) is 4.98 Å². The van der Waals surface area contributed by atoms with Gasteiger partial charge in [0.25, 0.3) is 0 Å². The Bertz CT molecular complexity index is 496. The van der Waals surface area contributed by atoms with E-state index in [1.807, 2.05) is 19.2 Å². The molecule has 0 amide bonds. The summed E-state index contributed by atoms with van der Waals surface area (Å²) in [4.78, 5) is 4.29. The highest BCUT2D eigenvalue weighted by molar-refractivity contribution is 5.94. The zero-order chi connectivity index (χ0) is 10.8. The molecule has 0 bridgehead atoms. The number of pyridine rings is 1. The Labute approximate surface area is 87.7 Å². The summed E-state index contributed by atoms with van der Waals surface area (Å²) >= 11 is 0. The maximum atomic E-state index is 9.68. The Morgan fingerprint density at radius 1 is 1.47 bits per heavy atom. The first kappa shape index (κ1) is 9.73. The maximum Gasteiger partial charge on any atom is 0.141 e. The molecule has 0 atom stereocenters. The maximum absolute atomic E-state index is 9.68. The third-order valence-corrected chi connectivity index (χ3v) is 2.35. The number of hydrogen-bond donors (Lipinski definition) is 3. The first-order valence-corrected chi connectivity index (χ1v) is 4.75. The van der Waals surface area contributed by atoms with E-state index in [0.717, 1.165) is 16.8 Å². The van der Waals surface area contributed by atoms with E-state index in [4.69, 9.17) is 5.73 Å². The predicted molar refractivity (Wildman–Crippen MR) is 60.8 cm³/mol. The van der Waals surface area contributed by atoms with Crippen LogP contribution in [0, 0.1) is 0 Å². The zero-order valence-electron chi connectivity index (χ0n) is 8.49. The number of aromatic hydroxyl groups is 1. The number of rotatable bonds is 2. The summed E-state index contributed by atoms with van der Waals surface area (Å²) in [5, 5.41) is 13.6. The Morgan fingerprint density at radius 2 is 2.27 bits per heavy atom. The molecule has 0 aliphatic carbocycles. The minimum Gasteiger partial charge on any atom is -0.506 e. The smallest absolute Gasteiger partial charge is 0.141 e. The van der Waals surface area contributed by atoms with Crippen molar-refractivity contribution in [3.8, 4) is 5.75 Å². The summed E-state index contributed by atoms with van der Waals surface area (Å²) in [6, 6.07) is 7.22. The second-order valence-corrected chi connectivity index (χ2v) is 3.29. The van der Waals surface area contributed by atoms with Gasteiger partial charge in [0.05, 0.1) is 5.69 Å². The van der Waals surface area contributed by atoms with Crippen LogP contribution in [0.25, 0.3) is 10.9 Å². The molecule has 15 heavy (non-hydrogen) atoms. The number of nitrogens with two attached hydrogens (primary N) is 1. The molecule has 4 heteroatoms. The van der Waals surface area contributed by atoms with Gasteiger partial charge in [-0.2, -0.15) is 0 Å². The zero-order valence-corrected chi connectivity index (χ0v) is 8.49. The molecule has 0 radical (unpaired) electrons. The van der Waals surface area contributed by atoms with Gasteiger partial charge in [-0.3, -0.25) is 0 Å². The molecule has 1 heterocycles. The van der Waals surface area contributed by atoms with Gasteiger partial charge >= 0.3 is 0 Å². The largest absolute Gasteiger partial charge is 0.506 e. The average Bonchev–Trinajstić information content (AvgIpc) is 2.28. The van der Waals surface area contributed by atoms with Crippen LogP contribution >= 0.6 is 0 Å². The number of hydrogen-bond acceptors (Lipinski definition) is 4. The van der Waals surface area contributed by atoms with Crippen molar-refractivity contribution in [3.63, 3.8) is 0 Å². The number of anilines is 1. The molecule has 2 rings (SSSR count). The number of aromatic nitrogens is 1. The lowest BCUT2D eigenvalue weighted by atomic mass is 10.1. The van der Waals surface area contributed by atoms with Crippen LogP contribution in [0.1, 0.15) is 5.69 Å². The van der Waals surface area contributed by atoms with E-state index >= 15 is 0 Å². The normalized spacial score (nSPS) is 10.5. The van der Waals surface area contributed by atoms with Gasteiger partial charge < -0.3 is 16.2 Å². The Morgan fingerprint density at radius 3 is 2.93 bits per heavy atom. The molecule has 78 valence electrons. The molecule has 4 nitrogen and oxygen atoms in total. The molecule has 0 fully saturated rings. The highest BCUT2D eigenvalue weighted by Crippen LogP contribution is 2.28. The van der Waals surface area contributed by atoms with E-state index in [9.17, 15) is 5.11 Å². The quantitative estimate of drug-likeness (QED) is 0.690. The third-order valence-electron chi connectivity index (χ3n) is 2.35. The number of phenolic OH excluding ortho intramolecular Hbond substituents is 1. The highest BCUT2D eigenvalue weighted by Gasteiger charge is 2.06. The third kappa shape index (κ3) is 1.59. The lowest BCUT2D eigenvalue weighted by Crippen LogP contribution is -2.02. The van der Waals surface area contributed by atoms with Crippen molar-refractivity contribution < 1.29 is 5.11 Å². The van der Waals surface area contributed by atoms with Gasteiger partial charge in [-0.05, 0) is 12.1 Å². The monoisotopic (exact) mass is 203 g/mol. The van der Waals surface area contributed by atoms with E-state index in [0.29, 0.717) is 12.1 Å². The molecular weight excluding hydrogens is 190 g/mol. The first-order chi connectivity index (χ1) is 7.26. The summed E-state index contributed by atoms with van der Waals surface area (Å²) < 4.78 is 0. The number of para-hydroxylation sites is 1. The molecule has 0 unspecified atom stereocenters. The second-order valence-electron chi connectivity index (χ2n) is 3.29. The molecule has 0 spiro atoms. The van der Waals surface area contributed by atoms with Gasteiger partial charge in [0.1, 0.15) is 11.3 Å². The van der Waals surface area contributed by atoms with Crippen molar-refractivity contribution in [3.05, 3.63) is 30.0 Å². The lowest BCUT2D eigenvalue weighted by molar-refractivity contribution is 0.480. The van der Waals surface area contributed by atoms with Crippen molar-refractivity contribution in [1.82, 2.24) is 4.98 Å². The van der Waals surface area contributed by atoms with Gasteiger partial charge in [-0.1, -0.05) is 12.1 Å². The lowest BCUT2D eigenvalue weighted by Gasteiger charge is -2.08. The van der Waals surface area contributed by atoms with E-state index in [1.165, 1.54) is 0 Å². The Balaban J connectivity index is 2.80. The van der Waals surface area contributed by atoms with Crippen molar-refractivity contribution in [2.24, 2.45) is 5.73 Å². The van der Waals surface area contributed by atoms with Crippen LogP contribution in [0.5, 0.6) is 5.75 Å². The van der Waals surface area contributed by atoms with Crippen molar-refractivity contribution in [2.75, 3.05) is 12.4 Å². The summed E-state index contributed by atoms with van der Waals surface area (Å²) in [6.07, 6.45) is 0. The van der Waals surface area contributed by atoms with E-state index in [2.05, 4.69) is 10.3 Å². The number of benzene rings is 1. The van der Waals surface area contributed by atoms with Crippen LogP contribution in [-0.2, 0) is 6.54 Å². The molecule has 1 aromatic carbocycles. The average molecular weight is 203 g/mol. The van der Waals surface area contributed by atoms with Crippen LogP contribution in [0.15, 0.2) is 24.3 Å². The number of fused-ring (bicyclic) bond motifs is 1. The number of phenols is 1. The highest BCUT2D eigenvalue weighted by atomic mass is 16.3. The fourth-order valence-corrected chi connectivity index (χ4v) is 1.60. The Hall–Kier alpha value is -1.81. The van der Waals surface area contributed by atoms with Crippen molar-refractivity contribution in [1.29, 1.82) is 0 Å². The molecular formula is C11H13N3O. The van der Waals surface area contributed by atoms with Crippen LogP contribution < -0.4 is 11.1 Å². The minimum absolute atomic E-state index is 0.180. The first-order valence-electron chi connectivity index (χ1n) is 4.75. The molecule has 0 aliphatic heterocycles. The summed E-state index contributed by atoms with van der Waals surface area (Å²) in [7, 11) is 1.83.